The van der Waals surface area contributed by atoms with E-state index >= 15 is 0 Å². The quantitative estimate of drug-likeness (QED) is 0.598. The molecule has 12 heteroatoms. The van der Waals surface area contributed by atoms with Gasteiger partial charge < -0.3 is 5.32 Å². The molecule has 0 aliphatic rings. The summed E-state index contributed by atoms with van der Waals surface area (Å²) in [6, 6.07) is 0.845. The Hall–Kier alpha value is -2.33. The topological polar surface area (TPSA) is 77.1 Å². The number of aromatic nitrogens is 5. The Labute approximate surface area is 173 Å². The van der Waals surface area contributed by atoms with Crippen molar-refractivity contribution >= 4 is 34.8 Å². The Morgan fingerprint density at radius 2 is 1.86 bits per heavy atom. The summed E-state index contributed by atoms with van der Waals surface area (Å²) >= 11 is 12.2. The second kappa shape index (κ2) is 7.83. The van der Waals surface area contributed by atoms with Crippen LogP contribution in [0, 0.1) is 20.8 Å². The van der Waals surface area contributed by atoms with Gasteiger partial charge in [0.2, 0.25) is 0 Å². The fourth-order valence-corrected chi connectivity index (χ4v) is 3.25. The zero-order valence-corrected chi connectivity index (χ0v) is 17.2. The summed E-state index contributed by atoms with van der Waals surface area (Å²) in [7, 11) is 0. The molecule has 0 unspecified atom stereocenters. The van der Waals surface area contributed by atoms with Crippen LogP contribution in [0.25, 0.3) is 5.65 Å². The van der Waals surface area contributed by atoms with Crippen molar-refractivity contribution in [3.05, 3.63) is 44.6 Å². The lowest BCUT2D eigenvalue weighted by molar-refractivity contribution is -0.142. The van der Waals surface area contributed by atoms with Crippen molar-refractivity contribution in [2.45, 2.75) is 39.9 Å². The highest BCUT2D eigenvalue weighted by Gasteiger charge is 2.36. The van der Waals surface area contributed by atoms with Gasteiger partial charge >= 0.3 is 6.18 Å². The van der Waals surface area contributed by atoms with Crippen LogP contribution >= 0.6 is 23.2 Å². The number of alkyl halides is 3. The maximum atomic E-state index is 13.3. The normalized spacial score (nSPS) is 12.0. The van der Waals surface area contributed by atoms with Crippen molar-refractivity contribution in [2.75, 3.05) is 6.54 Å². The standard InChI is InChI=1S/C17H17Cl2F3N6O/c1-8-7-11(17(20,21)22)28-15(24-8)13(19)14(26-28)16(29)23-5-4-6-27-10(3)12(18)9(2)25-27/h7H,4-6H2,1-3H3,(H,23,29). The van der Waals surface area contributed by atoms with Crippen molar-refractivity contribution in [3.63, 3.8) is 0 Å². The molecular formula is C17H17Cl2F3N6O. The lowest BCUT2D eigenvalue weighted by atomic mass is 10.3. The van der Waals surface area contributed by atoms with Crippen molar-refractivity contribution in [1.29, 1.82) is 0 Å². The maximum absolute atomic E-state index is 13.3. The molecule has 156 valence electrons. The van der Waals surface area contributed by atoms with Crippen molar-refractivity contribution in [2.24, 2.45) is 0 Å². The summed E-state index contributed by atoms with van der Waals surface area (Å²) in [5.41, 5.74) is 0.0586. The molecule has 3 aromatic heterocycles. The SMILES string of the molecule is Cc1cc(C(F)(F)F)n2nc(C(=O)NCCCn3nc(C)c(Cl)c3C)c(Cl)c2n1. The number of carbonyl (C=O) groups excluding carboxylic acids is 1. The van der Waals surface area contributed by atoms with Gasteiger partial charge in [-0.2, -0.15) is 23.4 Å². The minimum absolute atomic E-state index is 0.113. The number of rotatable bonds is 5. The number of fused-ring (bicyclic) bond motifs is 1. The van der Waals surface area contributed by atoms with Crippen LogP contribution in [0.15, 0.2) is 6.07 Å². The first-order valence-corrected chi connectivity index (χ1v) is 9.37. The summed E-state index contributed by atoms with van der Waals surface area (Å²) in [5.74, 6) is -0.683. The van der Waals surface area contributed by atoms with E-state index in [4.69, 9.17) is 23.2 Å². The van der Waals surface area contributed by atoms with E-state index in [9.17, 15) is 18.0 Å². The second-order valence-electron chi connectivity index (χ2n) is 6.50. The summed E-state index contributed by atoms with van der Waals surface area (Å²) in [5, 5.41) is 11.0. The van der Waals surface area contributed by atoms with Gasteiger partial charge in [-0.3, -0.25) is 9.48 Å². The molecule has 3 rings (SSSR count). The van der Waals surface area contributed by atoms with Crippen molar-refractivity contribution in [3.8, 4) is 0 Å². The number of carbonyl (C=O) groups is 1. The molecule has 7 nitrogen and oxygen atoms in total. The number of nitrogens with one attached hydrogen (secondary N) is 1. The van der Waals surface area contributed by atoms with Crippen LogP contribution < -0.4 is 5.32 Å². The van der Waals surface area contributed by atoms with E-state index in [1.54, 1.807) is 11.6 Å². The molecule has 3 heterocycles. The highest BCUT2D eigenvalue weighted by atomic mass is 35.5. The summed E-state index contributed by atoms with van der Waals surface area (Å²) in [4.78, 5) is 16.4. The van der Waals surface area contributed by atoms with Crippen molar-refractivity contribution < 1.29 is 18.0 Å². The van der Waals surface area contributed by atoms with Gasteiger partial charge in [0.25, 0.3) is 5.91 Å². The van der Waals surface area contributed by atoms with Gasteiger partial charge in [0.15, 0.2) is 11.3 Å². The van der Waals surface area contributed by atoms with Gasteiger partial charge in [0.05, 0.1) is 16.4 Å². The van der Waals surface area contributed by atoms with E-state index in [2.05, 4.69) is 20.5 Å². The van der Waals surface area contributed by atoms with E-state index < -0.39 is 17.8 Å². The third-order valence-corrected chi connectivity index (χ3v) is 5.19. The molecule has 29 heavy (non-hydrogen) atoms. The Morgan fingerprint density at radius 1 is 1.17 bits per heavy atom. The first-order valence-electron chi connectivity index (χ1n) is 8.61. The van der Waals surface area contributed by atoms with Crippen LogP contribution in [0.1, 0.15) is 39.7 Å². The lowest BCUT2D eigenvalue weighted by Crippen LogP contribution is -2.26. The maximum Gasteiger partial charge on any atom is 0.433 e. The van der Waals surface area contributed by atoms with Crippen LogP contribution in [0.4, 0.5) is 13.2 Å². The second-order valence-corrected chi connectivity index (χ2v) is 7.25. The van der Waals surface area contributed by atoms with E-state index in [0.717, 1.165) is 11.8 Å². The molecule has 0 radical (unpaired) electrons. The molecule has 0 aliphatic heterocycles. The number of aryl methyl sites for hydroxylation is 3. The number of hydrogen-bond donors (Lipinski definition) is 1. The third kappa shape index (κ3) is 4.18. The van der Waals surface area contributed by atoms with E-state index in [-0.39, 0.29) is 28.6 Å². The number of hydrogen-bond acceptors (Lipinski definition) is 4. The van der Waals surface area contributed by atoms with Crippen LogP contribution in [-0.4, -0.2) is 36.8 Å². The Bertz CT molecular complexity index is 1090. The molecule has 0 aliphatic carbocycles. The number of amides is 1. The molecule has 0 saturated heterocycles. The molecule has 0 spiro atoms. The Balaban J connectivity index is 1.74. The van der Waals surface area contributed by atoms with Crippen LogP contribution in [-0.2, 0) is 12.7 Å². The average Bonchev–Trinajstić information content (AvgIpc) is 3.09. The van der Waals surface area contributed by atoms with Gasteiger partial charge in [-0.1, -0.05) is 23.2 Å². The number of halogens is 5. The van der Waals surface area contributed by atoms with Gasteiger partial charge in [-0.25, -0.2) is 9.50 Å². The largest absolute Gasteiger partial charge is 0.433 e. The third-order valence-electron chi connectivity index (χ3n) is 4.29. The van der Waals surface area contributed by atoms with Crippen LogP contribution in [0.3, 0.4) is 0 Å². The minimum Gasteiger partial charge on any atom is -0.351 e. The van der Waals surface area contributed by atoms with E-state index in [0.29, 0.717) is 28.2 Å². The molecule has 0 bridgehead atoms. The fraction of sp³-hybridized carbons (Fsp3) is 0.412. The molecule has 0 atom stereocenters. The first-order chi connectivity index (χ1) is 13.5. The monoisotopic (exact) mass is 448 g/mol. The fourth-order valence-electron chi connectivity index (χ4n) is 2.87. The molecular weight excluding hydrogens is 432 g/mol. The first kappa shape index (κ1) is 21.4. The molecule has 1 amide bonds. The van der Waals surface area contributed by atoms with Crippen LogP contribution in [0.5, 0.6) is 0 Å². The molecule has 0 aromatic carbocycles. The molecule has 3 aromatic rings. The van der Waals surface area contributed by atoms with Gasteiger partial charge in [-0.15, -0.1) is 0 Å². The summed E-state index contributed by atoms with van der Waals surface area (Å²) in [6.07, 6.45) is -4.14. The molecule has 0 fully saturated rings. The van der Waals surface area contributed by atoms with Crippen molar-refractivity contribution in [1.82, 2.24) is 29.7 Å². The minimum atomic E-state index is -4.67. The zero-order valence-electron chi connectivity index (χ0n) is 15.7. The smallest absolute Gasteiger partial charge is 0.351 e. The number of nitrogens with zero attached hydrogens (tertiary/aromatic N) is 5. The van der Waals surface area contributed by atoms with E-state index in [1.807, 2.05) is 6.92 Å². The highest BCUT2D eigenvalue weighted by Crippen LogP contribution is 2.32. The molecule has 0 saturated carbocycles. The van der Waals surface area contributed by atoms with Gasteiger partial charge in [0.1, 0.15) is 10.7 Å². The molecule has 1 N–H and O–H groups in total. The Morgan fingerprint density at radius 3 is 2.45 bits per heavy atom. The summed E-state index contributed by atoms with van der Waals surface area (Å²) < 4.78 is 42.1. The average molecular weight is 449 g/mol. The highest BCUT2D eigenvalue weighted by molar-refractivity contribution is 6.36. The van der Waals surface area contributed by atoms with Crippen LogP contribution in [0.2, 0.25) is 10.0 Å². The van der Waals surface area contributed by atoms with E-state index in [1.165, 1.54) is 6.92 Å². The lowest BCUT2D eigenvalue weighted by Gasteiger charge is -2.09. The van der Waals surface area contributed by atoms with Gasteiger partial charge in [-0.05, 0) is 33.3 Å². The zero-order chi connectivity index (χ0) is 21.5. The predicted molar refractivity (Wildman–Crippen MR) is 101 cm³/mol. The summed E-state index contributed by atoms with van der Waals surface area (Å²) in [6.45, 7) is 5.80. The predicted octanol–water partition coefficient (Wildman–Crippen LogP) is 4.00. The van der Waals surface area contributed by atoms with Gasteiger partial charge in [0, 0.05) is 18.8 Å². The Kier molecular flexibility index (Phi) is 5.77.